The highest BCUT2D eigenvalue weighted by atomic mass is 32.2. The van der Waals surface area contributed by atoms with E-state index in [2.05, 4.69) is 9.97 Å². The largest absolute Gasteiger partial charge is 0.398 e. The van der Waals surface area contributed by atoms with Gasteiger partial charge in [-0.1, -0.05) is 0 Å². The predicted octanol–water partition coefficient (Wildman–Crippen LogP) is 0.184. The first-order chi connectivity index (χ1) is 8.95. The SMILES string of the molecule is NC(=O)c1ccc(N)c(Sc2nc(N)cc(=O)[nH]2)c1. The van der Waals surface area contributed by atoms with Gasteiger partial charge in [-0.05, 0) is 30.0 Å². The number of primary amides is 1. The van der Waals surface area contributed by atoms with E-state index in [0.717, 1.165) is 11.8 Å². The van der Waals surface area contributed by atoms with E-state index in [-0.39, 0.29) is 11.4 Å². The van der Waals surface area contributed by atoms with Crippen molar-refractivity contribution >= 4 is 29.2 Å². The lowest BCUT2D eigenvalue weighted by molar-refractivity contribution is 0.1000. The molecule has 0 fully saturated rings. The van der Waals surface area contributed by atoms with E-state index in [1.54, 1.807) is 6.07 Å². The van der Waals surface area contributed by atoms with Gasteiger partial charge in [0.15, 0.2) is 5.16 Å². The Bertz CT molecular complexity index is 698. The molecule has 0 aliphatic heterocycles. The molecule has 0 atom stereocenters. The zero-order valence-corrected chi connectivity index (χ0v) is 10.5. The maximum atomic E-state index is 11.3. The number of nitrogen functional groups attached to an aromatic ring is 2. The van der Waals surface area contributed by atoms with Crippen molar-refractivity contribution in [3.05, 3.63) is 40.2 Å². The number of hydrogen-bond acceptors (Lipinski definition) is 6. The number of nitrogens with one attached hydrogen (secondary N) is 1. The van der Waals surface area contributed by atoms with Crippen molar-refractivity contribution in [3.8, 4) is 0 Å². The van der Waals surface area contributed by atoms with Crippen molar-refractivity contribution in [2.75, 3.05) is 11.5 Å². The molecule has 0 aliphatic carbocycles. The molecule has 0 saturated heterocycles. The molecule has 1 heterocycles. The van der Waals surface area contributed by atoms with Crippen molar-refractivity contribution < 1.29 is 4.79 Å². The minimum absolute atomic E-state index is 0.107. The number of aromatic nitrogens is 2. The molecule has 2 aromatic rings. The number of carbonyl (C=O) groups excluding carboxylic acids is 1. The Morgan fingerprint density at radius 1 is 1.26 bits per heavy atom. The van der Waals surface area contributed by atoms with Gasteiger partial charge in [-0.15, -0.1) is 0 Å². The summed E-state index contributed by atoms with van der Waals surface area (Å²) in [6.07, 6.45) is 0. The first-order valence-corrected chi connectivity index (χ1v) is 6.01. The summed E-state index contributed by atoms with van der Waals surface area (Å²) in [7, 11) is 0. The summed E-state index contributed by atoms with van der Waals surface area (Å²) in [6.45, 7) is 0. The van der Waals surface area contributed by atoms with E-state index in [4.69, 9.17) is 17.2 Å². The van der Waals surface area contributed by atoms with Crippen LogP contribution in [-0.2, 0) is 0 Å². The lowest BCUT2D eigenvalue weighted by Gasteiger charge is -2.06. The molecule has 1 amide bonds. The third-order valence-electron chi connectivity index (χ3n) is 2.24. The average molecular weight is 277 g/mol. The minimum Gasteiger partial charge on any atom is -0.398 e. The molecule has 0 aliphatic rings. The number of amides is 1. The van der Waals surface area contributed by atoms with Crippen LogP contribution in [0.1, 0.15) is 10.4 Å². The Balaban J connectivity index is 2.39. The molecule has 1 aromatic carbocycles. The maximum Gasteiger partial charge on any atom is 0.253 e. The van der Waals surface area contributed by atoms with Crippen molar-refractivity contribution in [2.45, 2.75) is 10.1 Å². The van der Waals surface area contributed by atoms with Crippen LogP contribution < -0.4 is 22.8 Å². The first kappa shape index (κ1) is 13.0. The third-order valence-corrected chi connectivity index (χ3v) is 3.20. The van der Waals surface area contributed by atoms with Gasteiger partial charge in [-0.3, -0.25) is 9.59 Å². The molecule has 0 saturated carbocycles. The van der Waals surface area contributed by atoms with Crippen molar-refractivity contribution in [3.63, 3.8) is 0 Å². The second kappa shape index (κ2) is 5.02. The number of anilines is 2. The minimum atomic E-state index is -0.559. The Morgan fingerprint density at radius 3 is 2.63 bits per heavy atom. The van der Waals surface area contributed by atoms with Gasteiger partial charge in [0.2, 0.25) is 5.91 Å². The van der Waals surface area contributed by atoms with Gasteiger partial charge in [0.25, 0.3) is 5.56 Å². The van der Waals surface area contributed by atoms with Crippen LogP contribution in [0, 0.1) is 0 Å². The van der Waals surface area contributed by atoms with Gasteiger partial charge >= 0.3 is 0 Å². The van der Waals surface area contributed by atoms with Crippen molar-refractivity contribution in [2.24, 2.45) is 5.73 Å². The Labute approximate surface area is 112 Å². The Morgan fingerprint density at radius 2 is 2.00 bits per heavy atom. The van der Waals surface area contributed by atoms with Crippen LogP contribution in [0.25, 0.3) is 0 Å². The van der Waals surface area contributed by atoms with Gasteiger partial charge in [0.1, 0.15) is 5.82 Å². The number of hydrogen-bond donors (Lipinski definition) is 4. The monoisotopic (exact) mass is 277 g/mol. The fraction of sp³-hybridized carbons (Fsp3) is 0. The van der Waals surface area contributed by atoms with Gasteiger partial charge in [0.05, 0.1) is 0 Å². The van der Waals surface area contributed by atoms with Crippen LogP contribution in [0.4, 0.5) is 11.5 Å². The van der Waals surface area contributed by atoms with Gasteiger partial charge in [0, 0.05) is 22.2 Å². The highest BCUT2D eigenvalue weighted by Crippen LogP contribution is 2.30. The normalized spacial score (nSPS) is 10.3. The zero-order valence-electron chi connectivity index (χ0n) is 9.71. The Kier molecular flexibility index (Phi) is 3.43. The molecule has 2 rings (SSSR count). The summed E-state index contributed by atoms with van der Waals surface area (Å²) in [5.41, 5.74) is 16.9. The first-order valence-electron chi connectivity index (χ1n) is 5.20. The summed E-state index contributed by atoms with van der Waals surface area (Å²) in [5.74, 6) is -0.452. The van der Waals surface area contributed by atoms with Crippen LogP contribution in [0.3, 0.4) is 0 Å². The number of aromatic amines is 1. The fourth-order valence-corrected chi connectivity index (χ4v) is 2.26. The number of benzene rings is 1. The second-order valence-electron chi connectivity index (χ2n) is 3.69. The van der Waals surface area contributed by atoms with Crippen LogP contribution in [0.5, 0.6) is 0 Å². The maximum absolute atomic E-state index is 11.3. The van der Waals surface area contributed by atoms with E-state index >= 15 is 0 Å². The molecule has 19 heavy (non-hydrogen) atoms. The fourth-order valence-electron chi connectivity index (χ4n) is 1.38. The van der Waals surface area contributed by atoms with Crippen LogP contribution in [0.2, 0.25) is 0 Å². The standard InChI is InChI=1S/C11H11N5O2S/c12-6-2-1-5(10(14)18)3-7(6)19-11-15-8(13)4-9(17)16-11/h1-4H,12H2,(H2,14,18)(H3,13,15,16,17). The lowest BCUT2D eigenvalue weighted by Crippen LogP contribution is -2.11. The molecule has 7 nitrogen and oxygen atoms in total. The molecule has 0 radical (unpaired) electrons. The third kappa shape index (κ3) is 3.05. The number of carbonyl (C=O) groups is 1. The molecule has 0 bridgehead atoms. The van der Waals surface area contributed by atoms with Gasteiger partial charge in [-0.2, -0.15) is 0 Å². The van der Waals surface area contributed by atoms with E-state index in [0.29, 0.717) is 21.3 Å². The van der Waals surface area contributed by atoms with E-state index < -0.39 is 5.91 Å². The molecule has 1 aromatic heterocycles. The molecule has 98 valence electrons. The number of nitrogens with two attached hydrogens (primary N) is 3. The summed E-state index contributed by atoms with van der Waals surface area (Å²) < 4.78 is 0. The number of rotatable bonds is 3. The smallest absolute Gasteiger partial charge is 0.253 e. The van der Waals surface area contributed by atoms with Crippen LogP contribution >= 0.6 is 11.8 Å². The van der Waals surface area contributed by atoms with Crippen LogP contribution in [-0.4, -0.2) is 15.9 Å². The second-order valence-corrected chi connectivity index (χ2v) is 4.72. The molecular formula is C11H11N5O2S. The van der Waals surface area contributed by atoms with E-state index in [1.807, 2.05) is 0 Å². The average Bonchev–Trinajstić information content (AvgIpc) is 2.30. The number of nitrogens with zero attached hydrogens (tertiary/aromatic N) is 1. The van der Waals surface area contributed by atoms with Crippen molar-refractivity contribution in [1.82, 2.24) is 9.97 Å². The zero-order chi connectivity index (χ0) is 14.0. The Hall–Kier alpha value is -2.48. The molecule has 0 spiro atoms. The highest BCUT2D eigenvalue weighted by molar-refractivity contribution is 7.99. The summed E-state index contributed by atoms with van der Waals surface area (Å²) in [6, 6.07) is 5.79. The molecule has 0 unspecified atom stereocenters. The quantitative estimate of drug-likeness (QED) is 0.466. The van der Waals surface area contributed by atoms with Gasteiger partial charge < -0.3 is 22.2 Å². The highest BCUT2D eigenvalue weighted by Gasteiger charge is 2.08. The van der Waals surface area contributed by atoms with E-state index in [9.17, 15) is 9.59 Å². The molecule has 7 N–H and O–H groups in total. The topological polar surface area (TPSA) is 141 Å². The summed E-state index contributed by atoms with van der Waals surface area (Å²) in [4.78, 5) is 29.4. The van der Waals surface area contributed by atoms with Crippen molar-refractivity contribution in [1.29, 1.82) is 0 Å². The predicted molar refractivity (Wildman–Crippen MR) is 72.8 cm³/mol. The van der Waals surface area contributed by atoms with Crippen LogP contribution in [0.15, 0.2) is 39.1 Å². The summed E-state index contributed by atoms with van der Waals surface area (Å²) in [5, 5.41) is 0.290. The van der Waals surface area contributed by atoms with E-state index in [1.165, 1.54) is 18.2 Å². The number of H-pyrrole nitrogens is 1. The molecular weight excluding hydrogens is 266 g/mol. The van der Waals surface area contributed by atoms with Gasteiger partial charge in [-0.25, -0.2) is 4.98 Å². The summed E-state index contributed by atoms with van der Waals surface area (Å²) >= 11 is 1.09. The lowest BCUT2D eigenvalue weighted by atomic mass is 10.2. The molecule has 8 heteroatoms.